The SMILES string of the molecule is CC.CC(O)C1C(C)CC2C3CCC4CC(O)CCC4(C)C3CCC21C. The highest BCUT2D eigenvalue weighted by Gasteiger charge is 2.62. The largest absolute Gasteiger partial charge is 0.393 e. The van der Waals surface area contributed by atoms with Crippen LogP contribution in [0.3, 0.4) is 0 Å². The highest BCUT2D eigenvalue weighted by Crippen LogP contribution is 2.68. The van der Waals surface area contributed by atoms with Gasteiger partial charge in [0.1, 0.15) is 0 Å². The summed E-state index contributed by atoms with van der Waals surface area (Å²) in [5.74, 6) is 4.45. The minimum Gasteiger partial charge on any atom is -0.393 e. The van der Waals surface area contributed by atoms with Crippen molar-refractivity contribution in [1.29, 1.82) is 0 Å². The summed E-state index contributed by atoms with van der Waals surface area (Å²) < 4.78 is 0. The second-order valence-electron chi connectivity index (χ2n) is 10.6. The Balaban J connectivity index is 0.000000948. The molecule has 0 heterocycles. The second kappa shape index (κ2) is 7.39. The Bertz CT molecular complexity index is 489. The Morgan fingerprint density at radius 1 is 0.885 bits per heavy atom. The monoisotopic (exact) mass is 364 g/mol. The van der Waals surface area contributed by atoms with E-state index in [1.165, 1.54) is 38.5 Å². The van der Waals surface area contributed by atoms with Crippen molar-refractivity contribution in [3.63, 3.8) is 0 Å². The average molecular weight is 365 g/mol. The third-order valence-electron chi connectivity index (χ3n) is 9.60. The van der Waals surface area contributed by atoms with Gasteiger partial charge in [-0.2, -0.15) is 0 Å². The van der Waals surface area contributed by atoms with E-state index in [1.807, 2.05) is 20.8 Å². The molecule has 2 heteroatoms. The van der Waals surface area contributed by atoms with Crippen LogP contribution in [-0.4, -0.2) is 22.4 Å². The van der Waals surface area contributed by atoms with Gasteiger partial charge in [-0.3, -0.25) is 0 Å². The first-order chi connectivity index (χ1) is 12.3. The molecule has 152 valence electrons. The minimum absolute atomic E-state index is 0.0420. The van der Waals surface area contributed by atoms with Gasteiger partial charge < -0.3 is 10.2 Å². The molecule has 0 radical (unpaired) electrons. The van der Waals surface area contributed by atoms with Crippen molar-refractivity contribution in [2.45, 2.75) is 105 Å². The number of aliphatic hydroxyl groups excluding tert-OH is 2. The van der Waals surface area contributed by atoms with Crippen LogP contribution in [0, 0.1) is 46.3 Å². The van der Waals surface area contributed by atoms with Crippen molar-refractivity contribution in [2.24, 2.45) is 46.3 Å². The van der Waals surface area contributed by atoms with E-state index in [2.05, 4.69) is 20.8 Å². The highest BCUT2D eigenvalue weighted by atomic mass is 16.3. The van der Waals surface area contributed by atoms with Crippen molar-refractivity contribution < 1.29 is 10.2 Å². The molecule has 2 nitrogen and oxygen atoms in total. The van der Waals surface area contributed by atoms with Gasteiger partial charge in [-0.25, -0.2) is 0 Å². The van der Waals surface area contributed by atoms with Gasteiger partial charge in [0.15, 0.2) is 0 Å². The van der Waals surface area contributed by atoms with Gasteiger partial charge in [0.25, 0.3) is 0 Å². The maximum absolute atomic E-state index is 10.5. The van der Waals surface area contributed by atoms with E-state index in [1.54, 1.807) is 0 Å². The molecule has 0 spiro atoms. The van der Waals surface area contributed by atoms with Crippen LogP contribution in [-0.2, 0) is 0 Å². The fourth-order valence-electron chi connectivity index (χ4n) is 8.66. The van der Waals surface area contributed by atoms with Gasteiger partial charge in [0.2, 0.25) is 0 Å². The normalized spacial score (nSPS) is 54.2. The molecule has 0 aromatic rings. The minimum atomic E-state index is -0.164. The van der Waals surface area contributed by atoms with Crippen LogP contribution in [0.2, 0.25) is 0 Å². The number of aliphatic hydroxyl groups is 2. The van der Waals surface area contributed by atoms with Gasteiger partial charge in [-0.1, -0.05) is 34.6 Å². The van der Waals surface area contributed by atoms with Crippen molar-refractivity contribution in [2.75, 3.05) is 0 Å². The van der Waals surface area contributed by atoms with E-state index in [9.17, 15) is 10.2 Å². The molecule has 0 aromatic carbocycles. The fourth-order valence-corrected chi connectivity index (χ4v) is 8.66. The summed E-state index contributed by atoms with van der Waals surface area (Å²) in [7, 11) is 0. The topological polar surface area (TPSA) is 40.5 Å². The van der Waals surface area contributed by atoms with E-state index < -0.39 is 0 Å². The van der Waals surface area contributed by atoms with Crippen molar-refractivity contribution >= 4 is 0 Å². The van der Waals surface area contributed by atoms with Gasteiger partial charge in [0.05, 0.1) is 12.2 Å². The lowest BCUT2D eigenvalue weighted by Gasteiger charge is -2.61. The fraction of sp³-hybridized carbons (Fsp3) is 1.00. The van der Waals surface area contributed by atoms with E-state index >= 15 is 0 Å². The van der Waals surface area contributed by atoms with Crippen LogP contribution in [0.4, 0.5) is 0 Å². The van der Waals surface area contributed by atoms with E-state index in [0.29, 0.717) is 22.7 Å². The number of hydrogen-bond donors (Lipinski definition) is 2. The molecule has 0 aliphatic heterocycles. The summed E-state index contributed by atoms with van der Waals surface area (Å²) in [6, 6.07) is 0. The third kappa shape index (κ3) is 2.98. The average Bonchev–Trinajstić information content (AvgIpc) is 2.87. The number of fused-ring (bicyclic) bond motifs is 5. The summed E-state index contributed by atoms with van der Waals surface area (Å²) in [5.41, 5.74) is 0.821. The zero-order valence-electron chi connectivity index (χ0n) is 18.2. The maximum atomic E-state index is 10.5. The highest BCUT2D eigenvalue weighted by molar-refractivity contribution is 5.11. The summed E-state index contributed by atoms with van der Waals surface area (Å²) >= 11 is 0. The first-order valence-corrected chi connectivity index (χ1v) is 11.6. The molecular formula is C24H44O2. The molecule has 4 aliphatic rings. The van der Waals surface area contributed by atoms with Crippen LogP contribution in [0.15, 0.2) is 0 Å². The van der Waals surface area contributed by atoms with Crippen LogP contribution < -0.4 is 0 Å². The standard InChI is InChI=1S/C22H38O2.C2H6/c1-13-11-19-17-6-5-15-12-16(24)7-9-21(15,3)18(17)8-10-22(19,4)20(13)14(2)23;1-2/h13-20,23-24H,5-12H2,1-4H3;1-2H3. The van der Waals surface area contributed by atoms with E-state index in [-0.39, 0.29) is 12.2 Å². The van der Waals surface area contributed by atoms with E-state index in [4.69, 9.17) is 0 Å². The molecular weight excluding hydrogens is 320 g/mol. The Morgan fingerprint density at radius 3 is 2.19 bits per heavy atom. The lowest BCUT2D eigenvalue weighted by atomic mass is 9.44. The zero-order valence-corrected chi connectivity index (χ0v) is 18.2. The Hall–Kier alpha value is -0.0800. The lowest BCUT2D eigenvalue weighted by molar-refractivity contribution is -0.132. The Kier molecular flexibility index (Phi) is 5.87. The van der Waals surface area contributed by atoms with Gasteiger partial charge >= 0.3 is 0 Å². The summed E-state index contributed by atoms with van der Waals surface area (Å²) in [5, 5.41) is 20.6. The van der Waals surface area contributed by atoms with Crippen LogP contribution >= 0.6 is 0 Å². The van der Waals surface area contributed by atoms with Crippen LogP contribution in [0.5, 0.6) is 0 Å². The van der Waals surface area contributed by atoms with Gasteiger partial charge in [-0.05, 0) is 105 Å². The van der Waals surface area contributed by atoms with Crippen molar-refractivity contribution in [1.82, 2.24) is 0 Å². The summed E-state index contributed by atoms with van der Waals surface area (Å²) in [6.07, 6.45) is 9.80. The van der Waals surface area contributed by atoms with E-state index in [0.717, 1.165) is 36.5 Å². The Morgan fingerprint density at radius 2 is 1.54 bits per heavy atom. The molecule has 0 bridgehead atoms. The first-order valence-electron chi connectivity index (χ1n) is 11.6. The quantitative estimate of drug-likeness (QED) is 0.630. The molecule has 10 unspecified atom stereocenters. The van der Waals surface area contributed by atoms with Gasteiger partial charge in [-0.15, -0.1) is 0 Å². The molecule has 4 rings (SSSR count). The third-order valence-corrected chi connectivity index (χ3v) is 9.60. The first kappa shape index (κ1) is 20.6. The van der Waals surface area contributed by atoms with Crippen molar-refractivity contribution in [3.05, 3.63) is 0 Å². The molecule has 0 amide bonds. The molecule has 26 heavy (non-hydrogen) atoms. The smallest absolute Gasteiger partial charge is 0.0548 e. The predicted molar refractivity (Wildman–Crippen MR) is 109 cm³/mol. The van der Waals surface area contributed by atoms with Crippen molar-refractivity contribution in [3.8, 4) is 0 Å². The molecule has 2 N–H and O–H groups in total. The number of hydrogen-bond acceptors (Lipinski definition) is 2. The molecule has 0 saturated heterocycles. The number of rotatable bonds is 1. The van der Waals surface area contributed by atoms with Crippen LogP contribution in [0.25, 0.3) is 0 Å². The second-order valence-corrected chi connectivity index (χ2v) is 10.6. The Labute approximate surface area is 162 Å². The summed E-state index contributed by atoms with van der Waals surface area (Å²) in [6.45, 7) is 13.5. The molecule has 4 aliphatic carbocycles. The van der Waals surface area contributed by atoms with Crippen LogP contribution in [0.1, 0.15) is 92.9 Å². The summed E-state index contributed by atoms with van der Waals surface area (Å²) in [4.78, 5) is 0. The molecule has 4 saturated carbocycles. The molecule has 10 atom stereocenters. The zero-order chi connectivity index (χ0) is 19.3. The molecule has 0 aromatic heterocycles. The maximum Gasteiger partial charge on any atom is 0.0548 e. The predicted octanol–water partition coefficient (Wildman–Crippen LogP) is 5.66. The van der Waals surface area contributed by atoms with Gasteiger partial charge in [0, 0.05) is 0 Å². The molecule has 4 fully saturated rings. The lowest BCUT2D eigenvalue weighted by Crippen LogP contribution is -2.54.